The highest BCUT2D eigenvalue weighted by Crippen LogP contribution is 2.16. The van der Waals surface area contributed by atoms with Gasteiger partial charge in [-0.15, -0.1) is 0 Å². The van der Waals surface area contributed by atoms with Gasteiger partial charge in [-0.25, -0.2) is 13.6 Å². The average Bonchev–Trinajstić information content (AvgIpc) is 2.47. The van der Waals surface area contributed by atoms with E-state index >= 15 is 0 Å². The lowest BCUT2D eigenvalue weighted by atomic mass is 10.1. The van der Waals surface area contributed by atoms with Crippen LogP contribution in [0.15, 0.2) is 47.4 Å². The van der Waals surface area contributed by atoms with Gasteiger partial charge in [-0.1, -0.05) is 12.1 Å². The molecule has 122 valence electrons. The molecular weight excluding hydrogens is 322 g/mol. The topological polar surface area (TPSA) is 58.2 Å². The van der Waals surface area contributed by atoms with Crippen molar-refractivity contribution >= 4 is 22.5 Å². The van der Waals surface area contributed by atoms with Crippen LogP contribution in [0.2, 0.25) is 0 Å². The van der Waals surface area contributed by atoms with Crippen molar-refractivity contribution in [3.05, 3.63) is 59.7 Å². The lowest BCUT2D eigenvalue weighted by molar-refractivity contribution is 0.252. The second-order valence-electron chi connectivity index (χ2n) is 4.86. The predicted molar refractivity (Wildman–Crippen MR) is 85.9 cm³/mol. The number of urea groups is 1. The summed E-state index contributed by atoms with van der Waals surface area (Å²) in [6, 6.07) is 9.59. The Hall–Kier alpha value is -2.28. The van der Waals surface area contributed by atoms with E-state index in [4.69, 9.17) is 0 Å². The van der Waals surface area contributed by atoms with Gasteiger partial charge in [0.15, 0.2) is 0 Å². The lowest BCUT2D eigenvalue weighted by Crippen LogP contribution is -2.30. The number of carbonyl (C=O) groups excluding carboxylic acids is 1. The number of anilines is 1. The van der Waals surface area contributed by atoms with E-state index in [9.17, 15) is 17.8 Å². The second-order valence-corrected chi connectivity index (χ2v) is 6.21. The molecule has 0 bridgehead atoms. The summed E-state index contributed by atoms with van der Waals surface area (Å²) in [5, 5.41) is 5.08. The molecule has 2 aromatic rings. The lowest BCUT2D eigenvalue weighted by Gasteiger charge is -2.09. The molecule has 2 N–H and O–H groups in total. The standard InChI is InChI=1S/C16H16F2N2O2S/c1-23(22)15-6-5-13(10-14(15)18)20-16(21)19-8-7-11-3-2-4-12(17)9-11/h2-6,9-10H,7-8H2,1H3,(H2,19,20,21)/t23-/m0/s1. The van der Waals surface area contributed by atoms with Crippen LogP contribution < -0.4 is 10.6 Å². The summed E-state index contributed by atoms with van der Waals surface area (Å²) in [6.07, 6.45) is 1.86. The van der Waals surface area contributed by atoms with Crippen LogP contribution in [0.4, 0.5) is 19.3 Å². The van der Waals surface area contributed by atoms with E-state index in [0.717, 1.165) is 11.6 Å². The highest BCUT2D eigenvalue weighted by Gasteiger charge is 2.08. The van der Waals surface area contributed by atoms with E-state index in [2.05, 4.69) is 10.6 Å². The maximum absolute atomic E-state index is 13.7. The van der Waals surface area contributed by atoms with E-state index < -0.39 is 22.6 Å². The van der Waals surface area contributed by atoms with Crippen molar-refractivity contribution in [3.63, 3.8) is 0 Å². The highest BCUT2D eigenvalue weighted by molar-refractivity contribution is 7.84. The van der Waals surface area contributed by atoms with Crippen LogP contribution in [0.25, 0.3) is 0 Å². The van der Waals surface area contributed by atoms with Crippen molar-refractivity contribution in [1.82, 2.24) is 5.32 Å². The third kappa shape index (κ3) is 5.14. The molecule has 0 aliphatic heterocycles. The first-order valence-electron chi connectivity index (χ1n) is 6.88. The summed E-state index contributed by atoms with van der Waals surface area (Å²) < 4.78 is 37.9. The normalized spacial score (nSPS) is 11.8. The van der Waals surface area contributed by atoms with E-state index in [1.54, 1.807) is 12.1 Å². The first kappa shape index (κ1) is 17.1. The van der Waals surface area contributed by atoms with Gasteiger partial charge in [-0.05, 0) is 42.3 Å². The predicted octanol–water partition coefficient (Wildman–Crippen LogP) is 3.07. The average molecular weight is 338 g/mol. The molecule has 0 unspecified atom stereocenters. The van der Waals surface area contributed by atoms with Crippen LogP contribution in [0, 0.1) is 11.6 Å². The van der Waals surface area contributed by atoms with Gasteiger partial charge < -0.3 is 10.6 Å². The van der Waals surface area contributed by atoms with Crippen LogP contribution in [0.1, 0.15) is 5.56 Å². The summed E-state index contributed by atoms with van der Waals surface area (Å²) in [6.45, 7) is 0.314. The molecule has 0 aliphatic carbocycles. The molecule has 2 rings (SSSR count). The molecule has 0 aromatic heterocycles. The second kappa shape index (κ2) is 7.82. The molecular formula is C16H16F2N2O2S. The number of hydrogen-bond donors (Lipinski definition) is 2. The molecule has 0 radical (unpaired) electrons. The molecule has 0 heterocycles. The first-order chi connectivity index (χ1) is 11.0. The van der Waals surface area contributed by atoms with Gasteiger partial charge in [0, 0.05) is 18.5 Å². The van der Waals surface area contributed by atoms with Gasteiger partial charge in [0.1, 0.15) is 11.6 Å². The Bertz CT molecular complexity index is 738. The Morgan fingerprint density at radius 3 is 2.61 bits per heavy atom. The summed E-state index contributed by atoms with van der Waals surface area (Å²) in [7, 11) is -1.42. The molecule has 2 amide bonds. The van der Waals surface area contributed by atoms with E-state index in [-0.39, 0.29) is 16.4 Å². The number of hydrogen-bond acceptors (Lipinski definition) is 2. The fourth-order valence-electron chi connectivity index (χ4n) is 2.00. The molecule has 4 nitrogen and oxygen atoms in total. The maximum atomic E-state index is 13.7. The van der Waals surface area contributed by atoms with Gasteiger partial charge in [0.25, 0.3) is 0 Å². The number of benzene rings is 2. The van der Waals surface area contributed by atoms with Crippen molar-refractivity contribution in [2.45, 2.75) is 11.3 Å². The van der Waals surface area contributed by atoms with Gasteiger partial charge >= 0.3 is 6.03 Å². The molecule has 0 spiro atoms. The van der Waals surface area contributed by atoms with E-state index in [0.29, 0.717) is 13.0 Å². The van der Waals surface area contributed by atoms with Crippen molar-refractivity contribution in [2.24, 2.45) is 0 Å². The quantitative estimate of drug-likeness (QED) is 0.880. The van der Waals surface area contributed by atoms with Crippen LogP contribution >= 0.6 is 0 Å². The van der Waals surface area contributed by atoms with Crippen LogP contribution in [-0.2, 0) is 17.2 Å². The summed E-state index contributed by atoms with van der Waals surface area (Å²) in [5.41, 5.74) is 1.03. The first-order valence-corrected chi connectivity index (χ1v) is 8.44. The van der Waals surface area contributed by atoms with Crippen LogP contribution in [-0.4, -0.2) is 23.0 Å². The Morgan fingerprint density at radius 1 is 1.17 bits per heavy atom. The third-order valence-electron chi connectivity index (χ3n) is 3.09. The number of amides is 2. The molecule has 0 saturated carbocycles. The van der Waals surface area contributed by atoms with Crippen molar-refractivity contribution in [1.29, 1.82) is 0 Å². The Kier molecular flexibility index (Phi) is 5.81. The van der Waals surface area contributed by atoms with Gasteiger partial charge in [-0.2, -0.15) is 0 Å². The van der Waals surface area contributed by atoms with Crippen LogP contribution in [0.3, 0.4) is 0 Å². The summed E-state index contributed by atoms with van der Waals surface area (Å²) in [5.74, 6) is -0.959. The van der Waals surface area contributed by atoms with Gasteiger partial charge in [0.2, 0.25) is 0 Å². The summed E-state index contributed by atoms with van der Waals surface area (Å²) in [4.78, 5) is 11.8. The van der Waals surface area contributed by atoms with E-state index in [1.807, 2.05) is 0 Å². The van der Waals surface area contributed by atoms with Gasteiger partial charge in [-0.3, -0.25) is 4.21 Å². The molecule has 0 fully saturated rings. The SMILES string of the molecule is C[S@](=O)c1ccc(NC(=O)NCCc2cccc(F)c2)cc1F. The number of carbonyl (C=O) groups is 1. The number of nitrogens with one attached hydrogen (secondary N) is 2. The smallest absolute Gasteiger partial charge is 0.319 e. The fraction of sp³-hybridized carbons (Fsp3) is 0.188. The molecule has 0 saturated heterocycles. The van der Waals surface area contributed by atoms with Crippen molar-refractivity contribution < 1.29 is 17.8 Å². The molecule has 1 atom stereocenters. The minimum atomic E-state index is -1.42. The zero-order valence-electron chi connectivity index (χ0n) is 12.4. The number of rotatable bonds is 5. The van der Waals surface area contributed by atoms with E-state index in [1.165, 1.54) is 30.5 Å². The monoisotopic (exact) mass is 338 g/mol. The zero-order valence-corrected chi connectivity index (χ0v) is 13.3. The molecule has 0 aliphatic rings. The van der Waals surface area contributed by atoms with Crippen LogP contribution in [0.5, 0.6) is 0 Å². The van der Waals surface area contributed by atoms with Gasteiger partial charge in [0.05, 0.1) is 15.7 Å². The third-order valence-corrected chi connectivity index (χ3v) is 4.04. The largest absolute Gasteiger partial charge is 0.338 e. The van der Waals surface area contributed by atoms with Crippen molar-refractivity contribution in [3.8, 4) is 0 Å². The number of halogens is 2. The Labute approximate surface area is 135 Å². The fourth-order valence-corrected chi connectivity index (χ4v) is 2.59. The Morgan fingerprint density at radius 2 is 1.96 bits per heavy atom. The summed E-state index contributed by atoms with van der Waals surface area (Å²) >= 11 is 0. The maximum Gasteiger partial charge on any atom is 0.319 e. The van der Waals surface area contributed by atoms with Crippen molar-refractivity contribution in [2.75, 3.05) is 18.1 Å². The Balaban J connectivity index is 1.85. The molecule has 23 heavy (non-hydrogen) atoms. The molecule has 7 heteroatoms. The minimum absolute atomic E-state index is 0.0852. The highest BCUT2D eigenvalue weighted by atomic mass is 32.2. The minimum Gasteiger partial charge on any atom is -0.338 e. The zero-order chi connectivity index (χ0) is 16.8. The molecule has 2 aromatic carbocycles.